The Balaban J connectivity index is 1.59. The fraction of sp³-hybridized carbons (Fsp3) is 0.346. The first-order valence-corrected chi connectivity index (χ1v) is 10.9. The molecular formula is C26H28N2O3. The van der Waals surface area contributed by atoms with Crippen LogP contribution in [0.1, 0.15) is 65.9 Å². The second kappa shape index (κ2) is 8.50. The van der Waals surface area contributed by atoms with Crippen LogP contribution in [0.25, 0.3) is 10.9 Å². The van der Waals surface area contributed by atoms with Crippen LogP contribution in [-0.4, -0.2) is 23.0 Å². The van der Waals surface area contributed by atoms with Gasteiger partial charge < -0.3 is 10.1 Å². The monoisotopic (exact) mass is 416 g/mol. The predicted octanol–water partition coefficient (Wildman–Crippen LogP) is 5.34. The van der Waals surface area contributed by atoms with Crippen LogP contribution >= 0.6 is 0 Å². The third-order valence-corrected chi connectivity index (χ3v) is 5.95. The number of hydrogen-bond donors (Lipinski definition) is 1. The summed E-state index contributed by atoms with van der Waals surface area (Å²) in [7, 11) is 0. The van der Waals surface area contributed by atoms with E-state index in [1.807, 2.05) is 49.4 Å². The lowest BCUT2D eigenvalue weighted by atomic mass is 9.98. The first kappa shape index (κ1) is 21.0. The predicted molar refractivity (Wildman–Crippen MR) is 123 cm³/mol. The number of hydrogen-bond acceptors (Lipinski definition) is 4. The molecule has 1 heterocycles. The quantitative estimate of drug-likeness (QED) is 0.570. The standard InChI is InChI=1S/C26H28N2O3/c1-15(2)18-11-7-9-16(3)24(18)28-25(29)17(4)31-26(30)23-19-10-5-6-13-21(19)27-22-14-8-12-20(22)23/h5-7,9-11,13,15,17H,8,12,14H2,1-4H3,(H,28,29). The summed E-state index contributed by atoms with van der Waals surface area (Å²) in [6.45, 7) is 7.75. The molecule has 1 amide bonds. The number of ether oxygens (including phenoxy) is 1. The van der Waals surface area contributed by atoms with E-state index in [1.54, 1.807) is 6.92 Å². The summed E-state index contributed by atoms with van der Waals surface area (Å²) in [4.78, 5) is 30.8. The number of anilines is 1. The number of benzene rings is 2. The Morgan fingerprint density at radius 2 is 1.81 bits per heavy atom. The lowest BCUT2D eigenvalue weighted by Gasteiger charge is -2.19. The molecule has 1 unspecified atom stereocenters. The molecule has 0 radical (unpaired) electrons. The fourth-order valence-corrected chi connectivity index (χ4v) is 4.28. The largest absolute Gasteiger partial charge is 0.449 e. The topological polar surface area (TPSA) is 68.3 Å². The summed E-state index contributed by atoms with van der Waals surface area (Å²) in [5, 5.41) is 3.76. The molecule has 0 spiro atoms. The number of amides is 1. The molecule has 160 valence electrons. The van der Waals surface area contributed by atoms with Crippen molar-refractivity contribution in [2.75, 3.05) is 5.32 Å². The maximum Gasteiger partial charge on any atom is 0.339 e. The lowest BCUT2D eigenvalue weighted by Crippen LogP contribution is -2.31. The minimum absolute atomic E-state index is 0.263. The molecule has 4 rings (SSSR count). The average Bonchev–Trinajstić information content (AvgIpc) is 3.20. The number of nitrogens with zero attached hydrogens (tertiary/aromatic N) is 1. The van der Waals surface area contributed by atoms with Gasteiger partial charge in [0, 0.05) is 16.8 Å². The van der Waals surface area contributed by atoms with E-state index in [4.69, 9.17) is 9.72 Å². The number of carbonyl (C=O) groups is 2. The molecule has 1 aliphatic rings. The summed E-state index contributed by atoms with van der Waals surface area (Å²) in [5.74, 6) is -0.536. The van der Waals surface area contributed by atoms with Gasteiger partial charge in [0.2, 0.25) is 0 Å². The van der Waals surface area contributed by atoms with Crippen LogP contribution in [0.4, 0.5) is 5.69 Å². The molecule has 1 aromatic heterocycles. The Bertz CT molecular complexity index is 1170. The lowest BCUT2D eigenvalue weighted by molar-refractivity contribution is -0.123. The highest BCUT2D eigenvalue weighted by Crippen LogP contribution is 2.31. The number of aryl methyl sites for hydroxylation is 2. The molecule has 0 aliphatic heterocycles. The van der Waals surface area contributed by atoms with Gasteiger partial charge in [0.1, 0.15) is 0 Å². The van der Waals surface area contributed by atoms with Crippen molar-refractivity contribution >= 4 is 28.5 Å². The number of fused-ring (bicyclic) bond motifs is 2. The van der Waals surface area contributed by atoms with E-state index in [2.05, 4.69) is 19.2 Å². The Morgan fingerprint density at radius 3 is 2.58 bits per heavy atom. The maximum atomic E-state index is 13.2. The number of nitrogens with one attached hydrogen (secondary N) is 1. The van der Waals surface area contributed by atoms with Crippen molar-refractivity contribution in [2.24, 2.45) is 0 Å². The van der Waals surface area contributed by atoms with Crippen molar-refractivity contribution in [3.05, 3.63) is 70.4 Å². The Kier molecular flexibility index (Phi) is 5.77. The van der Waals surface area contributed by atoms with Crippen LogP contribution in [0.3, 0.4) is 0 Å². The van der Waals surface area contributed by atoms with E-state index in [1.165, 1.54) is 0 Å². The van der Waals surface area contributed by atoms with Gasteiger partial charge in [0.05, 0.1) is 11.1 Å². The summed E-state index contributed by atoms with van der Waals surface area (Å²) >= 11 is 0. The molecule has 1 N–H and O–H groups in total. The molecule has 0 saturated heterocycles. The number of pyridine rings is 1. The van der Waals surface area contributed by atoms with Crippen LogP contribution in [0.15, 0.2) is 42.5 Å². The SMILES string of the molecule is Cc1cccc(C(C)C)c1NC(=O)C(C)OC(=O)c1c2c(nc3ccccc13)CCC2. The molecule has 0 fully saturated rings. The van der Waals surface area contributed by atoms with Crippen molar-refractivity contribution < 1.29 is 14.3 Å². The second-order valence-corrected chi connectivity index (χ2v) is 8.51. The fourth-order valence-electron chi connectivity index (χ4n) is 4.28. The van der Waals surface area contributed by atoms with Crippen LogP contribution < -0.4 is 5.32 Å². The number of rotatable bonds is 5. The van der Waals surface area contributed by atoms with Crippen molar-refractivity contribution in [1.29, 1.82) is 0 Å². The van der Waals surface area contributed by atoms with E-state index >= 15 is 0 Å². The van der Waals surface area contributed by atoms with E-state index in [9.17, 15) is 9.59 Å². The van der Waals surface area contributed by atoms with Crippen LogP contribution in [0.5, 0.6) is 0 Å². The average molecular weight is 417 g/mol. The number of carbonyl (C=O) groups excluding carboxylic acids is 2. The normalized spacial score (nSPS) is 13.8. The summed E-state index contributed by atoms with van der Waals surface area (Å²) in [6.07, 6.45) is 1.72. The Morgan fingerprint density at radius 1 is 1.03 bits per heavy atom. The van der Waals surface area contributed by atoms with Crippen LogP contribution in [0, 0.1) is 6.92 Å². The van der Waals surface area contributed by atoms with Gasteiger partial charge in [-0.05, 0) is 61.8 Å². The van der Waals surface area contributed by atoms with Crippen molar-refractivity contribution in [3.8, 4) is 0 Å². The molecule has 1 aliphatic carbocycles. The Labute approximate surface area is 182 Å². The van der Waals surface area contributed by atoms with Crippen LogP contribution in [-0.2, 0) is 22.4 Å². The zero-order chi connectivity index (χ0) is 22.1. The molecule has 0 saturated carbocycles. The van der Waals surface area contributed by atoms with Gasteiger partial charge in [-0.15, -0.1) is 0 Å². The van der Waals surface area contributed by atoms with Crippen molar-refractivity contribution in [1.82, 2.24) is 4.98 Å². The van der Waals surface area contributed by atoms with Crippen LogP contribution in [0.2, 0.25) is 0 Å². The van der Waals surface area contributed by atoms with Gasteiger partial charge in [-0.2, -0.15) is 0 Å². The van der Waals surface area contributed by atoms with Gasteiger partial charge >= 0.3 is 5.97 Å². The number of para-hydroxylation sites is 2. The third-order valence-electron chi connectivity index (χ3n) is 5.95. The third kappa shape index (κ3) is 4.05. The summed E-state index contributed by atoms with van der Waals surface area (Å²) in [6, 6.07) is 13.6. The van der Waals surface area contributed by atoms with E-state index in [-0.39, 0.29) is 11.8 Å². The number of aromatic nitrogens is 1. The highest BCUT2D eigenvalue weighted by Gasteiger charge is 2.27. The summed E-state index contributed by atoms with van der Waals surface area (Å²) in [5.41, 5.74) is 6.09. The Hall–Kier alpha value is -3.21. The summed E-state index contributed by atoms with van der Waals surface area (Å²) < 4.78 is 5.67. The zero-order valence-corrected chi connectivity index (χ0v) is 18.5. The molecule has 5 nitrogen and oxygen atoms in total. The van der Waals surface area contributed by atoms with Gasteiger partial charge in [-0.25, -0.2) is 4.79 Å². The maximum absolute atomic E-state index is 13.2. The van der Waals surface area contributed by atoms with E-state index in [0.29, 0.717) is 5.56 Å². The molecule has 0 bridgehead atoms. The highest BCUT2D eigenvalue weighted by molar-refractivity contribution is 6.06. The van der Waals surface area contributed by atoms with E-state index in [0.717, 1.165) is 58.2 Å². The zero-order valence-electron chi connectivity index (χ0n) is 18.5. The molecule has 2 aromatic carbocycles. The molecular weight excluding hydrogens is 388 g/mol. The second-order valence-electron chi connectivity index (χ2n) is 8.51. The number of esters is 1. The van der Waals surface area contributed by atoms with Gasteiger partial charge in [-0.1, -0.05) is 50.2 Å². The molecule has 5 heteroatoms. The minimum atomic E-state index is -0.920. The van der Waals surface area contributed by atoms with Gasteiger partial charge in [0.25, 0.3) is 5.91 Å². The molecule has 1 atom stereocenters. The van der Waals surface area contributed by atoms with Gasteiger partial charge in [0.15, 0.2) is 6.10 Å². The highest BCUT2D eigenvalue weighted by atomic mass is 16.5. The first-order valence-electron chi connectivity index (χ1n) is 10.9. The molecule has 3 aromatic rings. The first-order chi connectivity index (χ1) is 14.9. The minimum Gasteiger partial charge on any atom is -0.449 e. The van der Waals surface area contributed by atoms with Crippen molar-refractivity contribution in [2.45, 2.75) is 59.0 Å². The molecule has 31 heavy (non-hydrogen) atoms. The van der Waals surface area contributed by atoms with Crippen molar-refractivity contribution in [3.63, 3.8) is 0 Å². The van der Waals surface area contributed by atoms with E-state index < -0.39 is 12.1 Å². The smallest absolute Gasteiger partial charge is 0.339 e. The van der Waals surface area contributed by atoms with Gasteiger partial charge in [-0.3, -0.25) is 9.78 Å².